The number of hydrogen-bond donors (Lipinski definition) is 2. The van der Waals surface area contributed by atoms with Crippen molar-refractivity contribution in [1.82, 2.24) is 14.9 Å². The van der Waals surface area contributed by atoms with Gasteiger partial charge in [0, 0.05) is 5.69 Å². The molecule has 0 saturated carbocycles. The summed E-state index contributed by atoms with van der Waals surface area (Å²) in [5.41, 5.74) is 0.249. The summed E-state index contributed by atoms with van der Waals surface area (Å²) in [5, 5.41) is 9.90. The third-order valence-electron chi connectivity index (χ3n) is 2.65. The summed E-state index contributed by atoms with van der Waals surface area (Å²) >= 11 is 0.964. The molecule has 0 fully saturated rings. The molecule has 9 nitrogen and oxygen atoms in total. The van der Waals surface area contributed by atoms with E-state index in [2.05, 4.69) is 20.3 Å². The average molecular weight is 335 g/mol. The molecule has 2 aromatic rings. The maximum absolute atomic E-state index is 11.9. The van der Waals surface area contributed by atoms with Crippen LogP contribution in [0.25, 0.3) is 0 Å². The molecule has 1 aromatic heterocycles. The zero-order chi connectivity index (χ0) is 16.8. The zero-order valence-electron chi connectivity index (χ0n) is 12.1. The highest BCUT2D eigenvalue weighted by atomic mass is 32.2. The van der Waals surface area contributed by atoms with E-state index in [1.54, 1.807) is 18.2 Å². The lowest BCUT2D eigenvalue weighted by Crippen LogP contribution is -2.30. The van der Waals surface area contributed by atoms with Crippen LogP contribution in [-0.4, -0.2) is 39.6 Å². The van der Waals surface area contributed by atoms with Crippen LogP contribution in [0.1, 0.15) is 10.4 Å². The van der Waals surface area contributed by atoms with Crippen LogP contribution in [0.3, 0.4) is 0 Å². The van der Waals surface area contributed by atoms with Gasteiger partial charge in [0.2, 0.25) is 11.1 Å². The number of ether oxygens (including phenoxy) is 1. The lowest BCUT2D eigenvalue weighted by Gasteiger charge is -2.07. The lowest BCUT2D eigenvalue weighted by molar-refractivity contribution is -0.113. The molecule has 10 heteroatoms. The van der Waals surface area contributed by atoms with E-state index in [-0.39, 0.29) is 16.8 Å². The summed E-state index contributed by atoms with van der Waals surface area (Å²) in [5.74, 6) is 4.61. The molecular formula is C13H13N5O4S. The average Bonchev–Trinajstić information content (AvgIpc) is 2.55. The number of benzene rings is 1. The molecule has 0 radical (unpaired) electrons. The quantitative estimate of drug-likeness (QED) is 0.439. The monoisotopic (exact) mass is 335 g/mol. The van der Waals surface area contributed by atoms with Crippen molar-refractivity contribution in [3.63, 3.8) is 0 Å². The standard InChI is InChI=1S/C13H13N5O4S/c1-22-12(21)8-3-2-4-9(5-8)16-10(19)7-23-13-17-15-6-11(20)18(13)14/h2-6H,7,14H2,1H3,(H,16,19). The van der Waals surface area contributed by atoms with Crippen molar-refractivity contribution in [3.05, 3.63) is 46.4 Å². The number of carbonyl (C=O) groups excluding carboxylic acids is 2. The summed E-state index contributed by atoms with van der Waals surface area (Å²) < 4.78 is 5.42. The molecular weight excluding hydrogens is 322 g/mol. The Morgan fingerprint density at radius 3 is 2.96 bits per heavy atom. The van der Waals surface area contributed by atoms with E-state index in [1.165, 1.54) is 13.2 Å². The molecule has 1 amide bonds. The largest absolute Gasteiger partial charge is 0.465 e. The smallest absolute Gasteiger partial charge is 0.337 e. The minimum Gasteiger partial charge on any atom is -0.465 e. The number of nitrogens with one attached hydrogen (secondary N) is 1. The van der Waals surface area contributed by atoms with Crippen molar-refractivity contribution in [1.29, 1.82) is 0 Å². The van der Waals surface area contributed by atoms with Crippen LogP contribution in [0.4, 0.5) is 5.69 Å². The number of aromatic nitrogens is 3. The number of amides is 1. The summed E-state index contributed by atoms with van der Waals surface area (Å²) in [7, 11) is 1.28. The van der Waals surface area contributed by atoms with Crippen molar-refractivity contribution >= 4 is 29.3 Å². The first kappa shape index (κ1) is 16.5. The van der Waals surface area contributed by atoms with Crippen molar-refractivity contribution in [2.24, 2.45) is 0 Å². The number of nitrogen functional groups attached to an aromatic ring is 1. The first-order chi connectivity index (χ1) is 11.0. The van der Waals surface area contributed by atoms with Crippen LogP contribution in [0.15, 0.2) is 40.4 Å². The fourth-order valence-corrected chi connectivity index (χ4v) is 2.27. The molecule has 0 atom stereocenters. The number of esters is 1. The number of anilines is 1. The molecule has 0 aliphatic rings. The molecule has 0 spiro atoms. The van der Waals surface area contributed by atoms with E-state index >= 15 is 0 Å². The number of methoxy groups -OCH3 is 1. The lowest BCUT2D eigenvalue weighted by atomic mass is 10.2. The number of rotatable bonds is 5. The Balaban J connectivity index is 1.99. The van der Waals surface area contributed by atoms with Gasteiger partial charge in [0.05, 0.1) is 18.4 Å². The van der Waals surface area contributed by atoms with Gasteiger partial charge < -0.3 is 15.9 Å². The van der Waals surface area contributed by atoms with Crippen LogP contribution in [0, 0.1) is 0 Å². The summed E-state index contributed by atoms with van der Waals surface area (Å²) in [4.78, 5) is 34.6. The molecule has 2 rings (SSSR count). The van der Waals surface area contributed by atoms with E-state index in [9.17, 15) is 14.4 Å². The molecule has 1 aromatic carbocycles. The van der Waals surface area contributed by atoms with Crippen LogP contribution in [0.2, 0.25) is 0 Å². The van der Waals surface area contributed by atoms with E-state index < -0.39 is 11.5 Å². The number of nitrogens with two attached hydrogens (primary N) is 1. The van der Waals surface area contributed by atoms with Gasteiger partial charge in [-0.15, -0.1) is 5.10 Å². The minimum absolute atomic E-state index is 0.0300. The Bertz CT molecular complexity index is 792. The molecule has 3 N–H and O–H groups in total. The number of hydrogen-bond acceptors (Lipinski definition) is 8. The van der Waals surface area contributed by atoms with E-state index in [0.717, 1.165) is 22.6 Å². The fourth-order valence-electron chi connectivity index (χ4n) is 1.60. The van der Waals surface area contributed by atoms with Gasteiger partial charge in [0.15, 0.2) is 0 Å². The Hall–Kier alpha value is -2.88. The van der Waals surface area contributed by atoms with Crippen LogP contribution in [-0.2, 0) is 9.53 Å². The molecule has 0 bridgehead atoms. The maximum Gasteiger partial charge on any atom is 0.337 e. The topological polar surface area (TPSA) is 129 Å². The highest BCUT2D eigenvalue weighted by Gasteiger charge is 2.10. The molecule has 1 heterocycles. The van der Waals surface area contributed by atoms with Crippen LogP contribution >= 0.6 is 11.8 Å². The van der Waals surface area contributed by atoms with Gasteiger partial charge in [0.1, 0.15) is 6.20 Å². The first-order valence-electron chi connectivity index (χ1n) is 6.32. The van der Waals surface area contributed by atoms with Crippen LogP contribution < -0.4 is 16.7 Å². The van der Waals surface area contributed by atoms with Crippen molar-refractivity contribution in [3.8, 4) is 0 Å². The first-order valence-corrected chi connectivity index (χ1v) is 7.30. The molecule has 0 aliphatic carbocycles. The highest BCUT2D eigenvalue weighted by Crippen LogP contribution is 2.14. The van der Waals surface area contributed by atoms with Gasteiger partial charge in [-0.25, -0.2) is 4.79 Å². The van der Waals surface area contributed by atoms with Gasteiger partial charge in [-0.05, 0) is 18.2 Å². The number of carbonyl (C=O) groups is 2. The van der Waals surface area contributed by atoms with Gasteiger partial charge in [-0.2, -0.15) is 9.77 Å². The fraction of sp³-hybridized carbons (Fsp3) is 0.154. The minimum atomic E-state index is -0.520. The maximum atomic E-state index is 11.9. The normalized spacial score (nSPS) is 10.1. The summed E-state index contributed by atoms with van der Waals surface area (Å²) in [6.45, 7) is 0. The second kappa shape index (κ2) is 7.40. The van der Waals surface area contributed by atoms with Gasteiger partial charge >= 0.3 is 5.97 Å². The Morgan fingerprint density at radius 1 is 1.43 bits per heavy atom. The van der Waals surface area contributed by atoms with E-state index in [4.69, 9.17) is 5.84 Å². The van der Waals surface area contributed by atoms with Crippen molar-refractivity contribution in [2.45, 2.75) is 5.16 Å². The zero-order valence-corrected chi connectivity index (χ0v) is 12.9. The van der Waals surface area contributed by atoms with Crippen molar-refractivity contribution < 1.29 is 14.3 Å². The molecule has 23 heavy (non-hydrogen) atoms. The van der Waals surface area contributed by atoms with Gasteiger partial charge in [-0.1, -0.05) is 17.8 Å². The second-order valence-corrected chi connectivity index (χ2v) is 5.19. The molecule has 0 aliphatic heterocycles. The molecule has 0 unspecified atom stereocenters. The highest BCUT2D eigenvalue weighted by molar-refractivity contribution is 7.99. The second-order valence-electron chi connectivity index (χ2n) is 4.24. The van der Waals surface area contributed by atoms with Gasteiger partial charge in [-0.3, -0.25) is 9.59 Å². The van der Waals surface area contributed by atoms with Gasteiger partial charge in [0.25, 0.3) is 5.56 Å². The van der Waals surface area contributed by atoms with E-state index in [0.29, 0.717) is 11.3 Å². The Kier molecular flexibility index (Phi) is 5.31. The predicted octanol–water partition coefficient (Wildman–Crippen LogP) is -0.130. The summed E-state index contributed by atoms with van der Waals surface area (Å²) in [6.07, 6.45) is 0.975. The predicted molar refractivity (Wildman–Crippen MR) is 83.6 cm³/mol. The van der Waals surface area contributed by atoms with Crippen LogP contribution in [0.5, 0.6) is 0 Å². The SMILES string of the molecule is COC(=O)c1cccc(NC(=O)CSc2nncc(=O)n2N)c1. The molecule has 120 valence electrons. The van der Waals surface area contributed by atoms with Crippen molar-refractivity contribution in [2.75, 3.05) is 24.0 Å². The van der Waals surface area contributed by atoms with E-state index in [1.807, 2.05) is 0 Å². The summed E-state index contributed by atoms with van der Waals surface area (Å²) in [6, 6.07) is 6.32. The third-order valence-corrected chi connectivity index (χ3v) is 3.60. The molecule has 0 saturated heterocycles. The third kappa shape index (κ3) is 4.30. The number of thioether (sulfide) groups is 1. The Labute approximate surface area is 134 Å². The number of nitrogens with zero attached hydrogens (tertiary/aromatic N) is 3. The Morgan fingerprint density at radius 2 is 2.22 bits per heavy atom.